The number of carbonyl (C=O) groups is 1. The Morgan fingerprint density at radius 2 is 1.88 bits per heavy atom. The first-order valence-electron chi connectivity index (χ1n) is 10.2. The average Bonchev–Trinajstić information content (AvgIpc) is 2.77. The fourth-order valence-corrected chi connectivity index (χ4v) is 3.11. The molecule has 0 aliphatic rings. The first-order valence-corrected chi connectivity index (χ1v) is 10.2. The molecule has 0 fully saturated rings. The van der Waals surface area contributed by atoms with Crippen LogP contribution in [0.15, 0.2) is 55.5 Å². The number of aliphatic hydroxyl groups is 1. The van der Waals surface area contributed by atoms with Gasteiger partial charge >= 0.3 is 6.18 Å². The van der Waals surface area contributed by atoms with Crippen LogP contribution in [0.5, 0.6) is 0 Å². The number of hydrogen-bond donors (Lipinski definition) is 3. The monoisotopic (exact) mass is 474 g/mol. The lowest BCUT2D eigenvalue weighted by atomic mass is 10.0. The van der Waals surface area contributed by atoms with Gasteiger partial charge in [0, 0.05) is 41.9 Å². The van der Waals surface area contributed by atoms with E-state index >= 15 is 0 Å². The second kappa shape index (κ2) is 10.0. The van der Waals surface area contributed by atoms with Crippen LogP contribution in [-0.2, 0) is 6.18 Å². The summed E-state index contributed by atoms with van der Waals surface area (Å²) in [6, 6.07) is 5.02. The van der Waals surface area contributed by atoms with E-state index in [1.807, 2.05) is 0 Å². The van der Waals surface area contributed by atoms with Crippen LogP contribution in [0.1, 0.15) is 35.3 Å². The molecular weight excluding hydrogens is 452 g/mol. The molecule has 0 radical (unpaired) electrons. The summed E-state index contributed by atoms with van der Waals surface area (Å²) >= 11 is 0. The highest BCUT2D eigenvalue weighted by molar-refractivity contribution is 6.00. The van der Waals surface area contributed by atoms with E-state index in [4.69, 9.17) is 0 Å². The van der Waals surface area contributed by atoms with E-state index in [0.717, 1.165) is 6.07 Å². The standard InChI is InChI=1S/C24H22F4N4O2/c1-13(2)17-12-30-21(16-8-15(24(26,27)28)4-5-19(16)25)9-22(17)32-20-6-7-29-11-18(20)23(34)31-10-14(3)33/h4-9,11-12,14,33H,1,10H2,2-3H3,(H,31,34)(H,29,30,32)/t14-/m0/s1. The van der Waals surface area contributed by atoms with Gasteiger partial charge in [0.25, 0.3) is 5.91 Å². The summed E-state index contributed by atoms with van der Waals surface area (Å²) in [5, 5.41) is 15.0. The first kappa shape index (κ1) is 24.8. The Bertz CT molecular complexity index is 1230. The highest BCUT2D eigenvalue weighted by atomic mass is 19.4. The van der Waals surface area contributed by atoms with Gasteiger partial charge in [-0.25, -0.2) is 4.39 Å². The maximum absolute atomic E-state index is 14.5. The molecule has 0 spiro atoms. The summed E-state index contributed by atoms with van der Waals surface area (Å²) in [5.74, 6) is -1.36. The molecule has 3 rings (SSSR count). The zero-order valence-corrected chi connectivity index (χ0v) is 18.4. The number of amides is 1. The Morgan fingerprint density at radius 3 is 2.53 bits per heavy atom. The number of alkyl halides is 3. The van der Waals surface area contributed by atoms with E-state index in [1.165, 1.54) is 37.6 Å². The van der Waals surface area contributed by atoms with Crippen molar-refractivity contribution in [3.05, 3.63) is 78.0 Å². The molecule has 3 aromatic rings. The zero-order chi connectivity index (χ0) is 25.0. The van der Waals surface area contributed by atoms with Crippen LogP contribution in [0.3, 0.4) is 0 Å². The molecule has 1 atom stereocenters. The van der Waals surface area contributed by atoms with Crippen LogP contribution < -0.4 is 10.6 Å². The minimum atomic E-state index is -4.65. The van der Waals surface area contributed by atoms with Crippen molar-refractivity contribution in [1.82, 2.24) is 15.3 Å². The highest BCUT2D eigenvalue weighted by Gasteiger charge is 2.31. The topological polar surface area (TPSA) is 87.1 Å². The molecule has 1 aromatic carbocycles. The number of nitrogens with zero attached hydrogens (tertiary/aromatic N) is 2. The van der Waals surface area contributed by atoms with E-state index in [1.54, 1.807) is 6.92 Å². The molecule has 6 nitrogen and oxygen atoms in total. The molecule has 34 heavy (non-hydrogen) atoms. The number of rotatable bonds is 7. The fraction of sp³-hybridized carbons (Fsp3) is 0.208. The number of anilines is 2. The molecule has 0 saturated heterocycles. The Balaban J connectivity index is 2.05. The van der Waals surface area contributed by atoms with Crippen LogP contribution in [-0.4, -0.2) is 33.6 Å². The minimum Gasteiger partial charge on any atom is -0.392 e. The predicted octanol–water partition coefficient (Wildman–Crippen LogP) is 5.19. The van der Waals surface area contributed by atoms with E-state index in [-0.39, 0.29) is 23.4 Å². The smallest absolute Gasteiger partial charge is 0.392 e. The Labute approximate surface area is 193 Å². The van der Waals surface area contributed by atoms with Crippen molar-refractivity contribution in [2.24, 2.45) is 0 Å². The van der Waals surface area contributed by atoms with Crippen molar-refractivity contribution in [1.29, 1.82) is 0 Å². The van der Waals surface area contributed by atoms with E-state index in [0.29, 0.717) is 34.6 Å². The van der Waals surface area contributed by atoms with Crippen molar-refractivity contribution in [2.45, 2.75) is 26.1 Å². The second-order valence-corrected chi connectivity index (χ2v) is 7.69. The van der Waals surface area contributed by atoms with Gasteiger partial charge in [0.2, 0.25) is 0 Å². The quantitative estimate of drug-likeness (QED) is 0.411. The van der Waals surface area contributed by atoms with E-state index in [9.17, 15) is 27.5 Å². The van der Waals surface area contributed by atoms with Crippen LogP contribution >= 0.6 is 0 Å². The third-order valence-corrected chi connectivity index (χ3v) is 4.83. The predicted molar refractivity (Wildman–Crippen MR) is 121 cm³/mol. The lowest BCUT2D eigenvalue weighted by molar-refractivity contribution is -0.137. The lowest BCUT2D eigenvalue weighted by Gasteiger charge is -2.17. The molecule has 3 N–H and O–H groups in total. The average molecular weight is 474 g/mol. The first-order chi connectivity index (χ1) is 16.0. The fourth-order valence-electron chi connectivity index (χ4n) is 3.11. The summed E-state index contributed by atoms with van der Waals surface area (Å²) in [4.78, 5) is 20.6. The van der Waals surface area contributed by atoms with Gasteiger partial charge in [-0.05, 0) is 49.8 Å². The molecule has 178 valence electrons. The molecular formula is C24H22F4N4O2. The zero-order valence-electron chi connectivity index (χ0n) is 18.4. The number of halogens is 4. The highest BCUT2D eigenvalue weighted by Crippen LogP contribution is 2.35. The SMILES string of the molecule is C=C(C)c1cnc(-c2cc(C(F)(F)F)ccc2F)cc1Nc1ccncc1C(=O)NC[C@H](C)O. The number of benzene rings is 1. The van der Waals surface area contributed by atoms with Gasteiger partial charge in [0.15, 0.2) is 0 Å². The van der Waals surface area contributed by atoms with E-state index in [2.05, 4.69) is 27.2 Å². The molecule has 0 saturated carbocycles. The van der Waals surface area contributed by atoms with E-state index < -0.39 is 29.6 Å². The summed E-state index contributed by atoms with van der Waals surface area (Å²) in [6.07, 6.45) is -1.25. The Morgan fingerprint density at radius 1 is 1.15 bits per heavy atom. The molecule has 10 heteroatoms. The van der Waals surface area contributed by atoms with Crippen molar-refractivity contribution in [2.75, 3.05) is 11.9 Å². The Hall–Kier alpha value is -3.79. The van der Waals surface area contributed by atoms with Crippen molar-refractivity contribution in [3.63, 3.8) is 0 Å². The van der Waals surface area contributed by atoms with Gasteiger partial charge in [-0.15, -0.1) is 0 Å². The number of aliphatic hydroxyl groups excluding tert-OH is 1. The molecule has 0 aliphatic carbocycles. The third-order valence-electron chi connectivity index (χ3n) is 4.83. The summed E-state index contributed by atoms with van der Waals surface area (Å²) in [7, 11) is 0. The lowest BCUT2D eigenvalue weighted by Crippen LogP contribution is -2.31. The second-order valence-electron chi connectivity index (χ2n) is 7.69. The number of carbonyl (C=O) groups excluding carboxylic acids is 1. The van der Waals surface area contributed by atoms with Crippen LogP contribution in [0.2, 0.25) is 0 Å². The van der Waals surface area contributed by atoms with Crippen molar-refractivity contribution >= 4 is 22.9 Å². The van der Waals surface area contributed by atoms with Crippen LogP contribution in [0, 0.1) is 5.82 Å². The normalized spacial score (nSPS) is 12.2. The molecule has 2 aromatic heterocycles. The number of aromatic nitrogens is 2. The summed E-state index contributed by atoms with van der Waals surface area (Å²) in [6.45, 7) is 7.13. The summed E-state index contributed by atoms with van der Waals surface area (Å²) in [5.41, 5.74) is 0.590. The van der Waals surface area contributed by atoms with Crippen LogP contribution in [0.4, 0.5) is 28.9 Å². The maximum atomic E-state index is 14.5. The third kappa shape index (κ3) is 5.76. The number of allylic oxidation sites excluding steroid dienone is 1. The van der Waals surface area contributed by atoms with Gasteiger partial charge in [0.05, 0.1) is 28.6 Å². The van der Waals surface area contributed by atoms with Crippen molar-refractivity contribution in [3.8, 4) is 11.3 Å². The largest absolute Gasteiger partial charge is 0.416 e. The number of nitrogens with one attached hydrogen (secondary N) is 2. The van der Waals surface area contributed by atoms with Gasteiger partial charge < -0.3 is 15.7 Å². The number of pyridine rings is 2. The molecule has 0 aliphatic heterocycles. The molecule has 0 unspecified atom stereocenters. The van der Waals surface area contributed by atoms with Crippen LogP contribution in [0.25, 0.3) is 16.8 Å². The van der Waals surface area contributed by atoms with Gasteiger partial charge in [-0.2, -0.15) is 13.2 Å². The maximum Gasteiger partial charge on any atom is 0.416 e. The molecule has 2 heterocycles. The van der Waals surface area contributed by atoms with Crippen molar-refractivity contribution < 1.29 is 27.5 Å². The van der Waals surface area contributed by atoms with Gasteiger partial charge in [-0.3, -0.25) is 14.8 Å². The van der Waals surface area contributed by atoms with Gasteiger partial charge in [0.1, 0.15) is 5.82 Å². The Kier molecular flexibility index (Phi) is 7.31. The number of hydrogen-bond acceptors (Lipinski definition) is 5. The van der Waals surface area contributed by atoms with Gasteiger partial charge in [-0.1, -0.05) is 6.58 Å². The summed E-state index contributed by atoms with van der Waals surface area (Å²) < 4.78 is 53.9. The minimum absolute atomic E-state index is 0.0262. The molecule has 0 bridgehead atoms. The molecule has 1 amide bonds.